The monoisotopic (exact) mass is 373 g/mol. The molecule has 2 N–H and O–H groups in total. The second-order valence-corrected chi connectivity index (χ2v) is 5.96. The molecule has 1 amide bonds. The molecule has 0 saturated carbocycles. The van der Waals surface area contributed by atoms with E-state index in [2.05, 4.69) is 15.5 Å². The topological polar surface area (TPSA) is 80.2 Å². The van der Waals surface area contributed by atoms with Gasteiger partial charge in [-0.2, -0.15) is 0 Å². The largest absolute Gasteiger partial charge is 0.489 e. The van der Waals surface area contributed by atoms with Crippen molar-refractivity contribution < 1.29 is 18.3 Å². The smallest absolute Gasteiger partial charge is 0.284 e. The van der Waals surface area contributed by atoms with Gasteiger partial charge < -0.3 is 14.5 Å². The van der Waals surface area contributed by atoms with E-state index < -0.39 is 0 Å². The summed E-state index contributed by atoms with van der Waals surface area (Å²) in [6.07, 6.45) is -0.267. The minimum absolute atomic E-state index is 0.192. The number of aromatic nitrogens is 2. The Bertz CT molecular complexity index is 935. The van der Waals surface area contributed by atoms with Crippen molar-refractivity contribution in [1.29, 1.82) is 0 Å². The van der Waals surface area contributed by atoms with Gasteiger partial charge in [0.25, 0.3) is 10.7 Å². The number of benzene rings is 2. The zero-order valence-electron chi connectivity index (χ0n) is 13.9. The third-order valence-corrected chi connectivity index (χ3v) is 3.71. The number of amides is 1. The molecule has 1 aromatic heterocycles. The van der Waals surface area contributed by atoms with Crippen molar-refractivity contribution in [2.45, 2.75) is 13.0 Å². The molecule has 3 rings (SSSR count). The van der Waals surface area contributed by atoms with Crippen LogP contribution in [0.25, 0.3) is 11.5 Å². The second kappa shape index (κ2) is 7.92. The quantitative estimate of drug-likeness (QED) is 0.644. The average molecular weight is 373 g/mol. The standard InChI is InChI=1S/C18H16FN3O3S/c1-11(24-15-8-6-14(19)7-9-15)10-20-16(23)12-2-4-13(5-3-12)17-21-22-18(26)25-17/h2-9,11H,10H2,1H3,(H,20,23)(H,22,26). The van der Waals surface area contributed by atoms with E-state index in [0.717, 1.165) is 0 Å². The molecule has 8 heteroatoms. The molecule has 3 aromatic rings. The zero-order chi connectivity index (χ0) is 18.5. The Morgan fingerprint density at radius 3 is 2.58 bits per heavy atom. The van der Waals surface area contributed by atoms with Crippen LogP contribution in [-0.2, 0) is 0 Å². The number of carbonyl (C=O) groups is 1. The Kier molecular flexibility index (Phi) is 5.43. The molecule has 1 unspecified atom stereocenters. The Morgan fingerprint density at radius 2 is 1.96 bits per heavy atom. The van der Waals surface area contributed by atoms with Gasteiger partial charge in [0.2, 0.25) is 5.89 Å². The van der Waals surface area contributed by atoms with Gasteiger partial charge in [0.05, 0.1) is 6.54 Å². The maximum atomic E-state index is 12.9. The predicted molar refractivity (Wildman–Crippen MR) is 95.9 cm³/mol. The van der Waals surface area contributed by atoms with E-state index in [1.807, 2.05) is 6.92 Å². The fraction of sp³-hybridized carbons (Fsp3) is 0.167. The average Bonchev–Trinajstić information content (AvgIpc) is 3.08. The molecular weight excluding hydrogens is 357 g/mol. The zero-order valence-corrected chi connectivity index (χ0v) is 14.7. The van der Waals surface area contributed by atoms with Crippen LogP contribution in [0.1, 0.15) is 17.3 Å². The summed E-state index contributed by atoms with van der Waals surface area (Å²) >= 11 is 4.83. The van der Waals surface area contributed by atoms with Gasteiger partial charge in [-0.25, -0.2) is 9.49 Å². The summed E-state index contributed by atoms with van der Waals surface area (Å²) in [7, 11) is 0. The molecule has 0 radical (unpaired) electrons. The first kappa shape index (κ1) is 17.8. The molecule has 2 aromatic carbocycles. The molecular formula is C18H16FN3O3S. The van der Waals surface area contributed by atoms with Crippen molar-refractivity contribution in [3.8, 4) is 17.2 Å². The predicted octanol–water partition coefficient (Wildman–Crippen LogP) is 3.74. The van der Waals surface area contributed by atoms with Gasteiger partial charge in [-0.1, -0.05) is 0 Å². The van der Waals surface area contributed by atoms with Crippen molar-refractivity contribution >= 4 is 18.1 Å². The lowest BCUT2D eigenvalue weighted by Gasteiger charge is -2.15. The van der Waals surface area contributed by atoms with E-state index in [9.17, 15) is 9.18 Å². The van der Waals surface area contributed by atoms with Gasteiger partial charge in [-0.3, -0.25) is 4.79 Å². The molecule has 0 aliphatic rings. The summed E-state index contributed by atoms with van der Waals surface area (Å²) in [5.41, 5.74) is 1.21. The number of aromatic amines is 1. The Morgan fingerprint density at radius 1 is 1.27 bits per heavy atom. The van der Waals surface area contributed by atoms with E-state index in [-0.39, 0.29) is 22.7 Å². The minimum Gasteiger partial charge on any atom is -0.489 e. The van der Waals surface area contributed by atoms with Crippen LogP contribution in [0.4, 0.5) is 4.39 Å². The number of rotatable bonds is 6. The molecule has 0 saturated heterocycles. The SMILES string of the molecule is CC(CNC(=O)c1ccc(-c2n[nH]c(=S)o2)cc1)Oc1ccc(F)cc1. The van der Waals surface area contributed by atoms with Crippen LogP contribution in [0.15, 0.2) is 52.9 Å². The van der Waals surface area contributed by atoms with Gasteiger partial charge in [-0.15, -0.1) is 5.10 Å². The molecule has 26 heavy (non-hydrogen) atoms. The van der Waals surface area contributed by atoms with E-state index >= 15 is 0 Å². The van der Waals surface area contributed by atoms with Crippen molar-refractivity contribution in [2.24, 2.45) is 0 Å². The highest BCUT2D eigenvalue weighted by molar-refractivity contribution is 7.71. The summed E-state index contributed by atoms with van der Waals surface area (Å²) < 4.78 is 23.7. The molecule has 1 heterocycles. The van der Waals surface area contributed by atoms with Crippen LogP contribution in [0.2, 0.25) is 0 Å². The summed E-state index contributed by atoms with van der Waals surface area (Å²) in [5.74, 6) is 0.354. The van der Waals surface area contributed by atoms with Crippen LogP contribution in [0.5, 0.6) is 5.75 Å². The van der Waals surface area contributed by atoms with Crippen LogP contribution < -0.4 is 10.1 Å². The normalized spacial score (nSPS) is 11.8. The molecule has 1 atom stereocenters. The molecule has 0 spiro atoms. The molecule has 0 fully saturated rings. The van der Waals surface area contributed by atoms with E-state index in [1.165, 1.54) is 12.1 Å². The fourth-order valence-corrected chi connectivity index (χ4v) is 2.37. The molecule has 0 aliphatic heterocycles. The number of nitrogens with zero attached hydrogens (tertiary/aromatic N) is 1. The minimum atomic E-state index is -0.326. The molecule has 0 aliphatic carbocycles. The number of halogens is 1. The number of nitrogens with one attached hydrogen (secondary N) is 2. The summed E-state index contributed by atoms with van der Waals surface area (Å²) in [5, 5.41) is 9.27. The third kappa shape index (κ3) is 4.54. The maximum Gasteiger partial charge on any atom is 0.284 e. The number of hydrogen-bond acceptors (Lipinski definition) is 5. The lowest BCUT2D eigenvalue weighted by Crippen LogP contribution is -2.33. The second-order valence-electron chi connectivity index (χ2n) is 5.59. The van der Waals surface area contributed by atoms with Crippen molar-refractivity contribution in [1.82, 2.24) is 15.5 Å². The summed E-state index contributed by atoms with van der Waals surface area (Å²) in [4.78, 5) is 12.4. The van der Waals surface area contributed by atoms with E-state index in [1.54, 1.807) is 36.4 Å². The fourth-order valence-electron chi connectivity index (χ4n) is 2.24. The number of hydrogen-bond donors (Lipinski definition) is 2. The van der Waals surface area contributed by atoms with Crippen LogP contribution in [-0.4, -0.2) is 28.8 Å². The molecule has 0 bridgehead atoms. The van der Waals surface area contributed by atoms with E-state index in [4.69, 9.17) is 21.4 Å². The first-order chi connectivity index (χ1) is 12.5. The number of H-pyrrole nitrogens is 1. The van der Waals surface area contributed by atoms with Gasteiger partial charge in [0.15, 0.2) is 0 Å². The van der Waals surface area contributed by atoms with Gasteiger partial charge in [0, 0.05) is 11.1 Å². The highest BCUT2D eigenvalue weighted by Gasteiger charge is 2.10. The first-order valence-corrected chi connectivity index (χ1v) is 8.28. The lowest BCUT2D eigenvalue weighted by molar-refractivity contribution is 0.0932. The summed E-state index contributed by atoms with van der Waals surface area (Å²) in [6.45, 7) is 2.13. The van der Waals surface area contributed by atoms with Crippen molar-refractivity contribution in [3.05, 3.63) is 64.7 Å². The Hall–Kier alpha value is -3.00. The Labute approximate surface area is 154 Å². The highest BCUT2D eigenvalue weighted by Crippen LogP contribution is 2.17. The van der Waals surface area contributed by atoms with Crippen LogP contribution in [0, 0.1) is 10.7 Å². The van der Waals surface area contributed by atoms with Gasteiger partial charge in [0.1, 0.15) is 17.7 Å². The summed E-state index contributed by atoms with van der Waals surface area (Å²) in [6, 6.07) is 12.5. The van der Waals surface area contributed by atoms with E-state index in [0.29, 0.717) is 29.3 Å². The number of carbonyl (C=O) groups excluding carboxylic acids is 1. The molecule has 134 valence electrons. The maximum absolute atomic E-state index is 12.9. The van der Waals surface area contributed by atoms with Crippen molar-refractivity contribution in [2.75, 3.05) is 6.54 Å². The van der Waals surface area contributed by atoms with Crippen molar-refractivity contribution in [3.63, 3.8) is 0 Å². The third-order valence-electron chi connectivity index (χ3n) is 3.53. The molecule has 6 nitrogen and oxygen atoms in total. The highest BCUT2D eigenvalue weighted by atomic mass is 32.1. The number of ether oxygens (including phenoxy) is 1. The lowest BCUT2D eigenvalue weighted by atomic mass is 10.1. The van der Waals surface area contributed by atoms with Crippen LogP contribution >= 0.6 is 12.2 Å². The van der Waals surface area contributed by atoms with Gasteiger partial charge >= 0.3 is 0 Å². The van der Waals surface area contributed by atoms with Gasteiger partial charge in [-0.05, 0) is 67.7 Å². The van der Waals surface area contributed by atoms with Crippen LogP contribution in [0.3, 0.4) is 0 Å². The Balaban J connectivity index is 1.54. The first-order valence-electron chi connectivity index (χ1n) is 7.87.